The largest absolute Gasteiger partial charge is 0.353 e. The number of rotatable bonds is 4. The van der Waals surface area contributed by atoms with Crippen molar-refractivity contribution in [1.82, 2.24) is 20.6 Å². The van der Waals surface area contributed by atoms with Crippen LogP contribution in [0.5, 0.6) is 0 Å². The average molecular weight is 308 g/mol. The quantitative estimate of drug-likeness (QED) is 0.658. The molecule has 1 fully saturated rings. The van der Waals surface area contributed by atoms with E-state index < -0.39 is 0 Å². The highest BCUT2D eigenvalue weighted by atomic mass is 32.2. The molecular formula is C15H24N4OS. The lowest BCUT2D eigenvalue weighted by atomic mass is 9.79. The summed E-state index contributed by atoms with van der Waals surface area (Å²) >= 11 is 1.37. The van der Waals surface area contributed by atoms with Crippen molar-refractivity contribution in [3.05, 3.63) is 18.5 Å². The van der Waals surface area contributed by atoms with E-state index in [4.69, 9.17) is 0 Å². The summed E-state index contributed by atoms with van der Waals surface area (Å²) in [6.45, 7) is 8.72. The minimum absolute atomic E-state index is 0.0371. The molecule has 0 aromatic carbocycles. The van der Waals surface area contributed by atoms with Crippen molar-refractivity contribution in [2.24, 2.45) is 0 Å². The summed E-state index contributed by atoms with van der Waals surface area (Å²) in [7, 11) is 0. The van der Waals surface area contributed by atoms with Gasteiger partial charge in [0.05, 0.1) is 5.75 Å². The Hall–Kier alpha value is -1.14. The Morgan fingerprint density at radius 1 is 1.29 bits per heavy atom. The number of nitrogens with zero attached hydrogens (tertiary/aromatic N) is 2. The minimum atomic E-state index is 0.0371. The van der Waals surface area contributed by atoms with Gasteiger partial charge in [-0.25, -0.2) is 9.97 Å². The standard InChI is InChI=1S/C15H24N4OS/c1-14(2)8-11(9-15(3,4)19-14)18-12(20)10-21-13-16-6-5-7-17-13/h5-7,11,19H,8-10H2,1-4H3,(H,18,20). The van der Waals surface area contributed by atoms with Crippen LogP contribution < -0.4 is 10.6 Å². The predicted molar refractivity (Wildman–Crippen MR) is 85.2 cm³/mol. The third-order valence-electron chi connectivity index (χ3n) is 3.43. The first kappa shape index (κ1) is 16.2. The normalized spacial score (nSPS) is 21.0. The van der Waals surface area contributed by atoms with E-state index in [9.17, 15) is 4.79 Å². The van der Waals surface area contributed by atoms with Gasteiger partial charge in [-0.3, -0.25) is 4.79 Å². The second-order valence-electron chi connectivity index (χ2n) is 6.89. The number of hydrogen-bond donors (Lipinski definition) is 2. The molecule has 0 unspecified atom stereocenters. The number of hydrogen-bond acceptors (Lipinski definition) is 5. The Balaban J connectivity index is 1.85. The monoisotopic (exact) mass is 308 g/mol. The number of nitrogens with one attached hydrogen (secondary N) is 2. The molecule has 0 saturated carbocycles. The van der Waals surface area contributed by atoms with Gasteiger partial charge in [-0.05, 0) is 46.6 Å². The van der Waals surface area contributed by atoms with Crippen LogP contribution in [0.4, 0.5) is 0 Å². The van der Waals surface area contributed by atoms with E-state index in [0.29, 0.717) is 10.9 Å². The molecule has 6 heteroatoms. The van der Waals surface area contributed by atoms with Gasteiger partial charge in [-0.1, -0.05) is 11.8 Å². The van der Waals surface area contributed by atoms with E-state index in [2.05, 4.69) is 48.3 Å². The van der Waals surface area contributed by atoms with Crippen LogP contribution in [-0.4, -0.2) is 38.7 Å². The second-order valence-corrected chi connectivity index (χ2v) is 7.83. The summed E-state index contributed by atoms with van der Waals surface area (Å²) in [6.07, 6.45) is 5.25. The molecule has 0 aliphatic carbocycles. The fraction of sp³-hybridized carbons (Fsp3) is 0.667. The van der Waals surface area contributed by atoms with Crippen LogP contribution in [0.15, 0.2) is 23.6 Å². The molecule has 1 saturated heterocycles. The Morgan fingerprint density at radius 2 is 1.86 bits per heavy atom. The third kappa shape index (κ3) is 5.28. The summed E-state index contributed by atoms with van der Waals surface area (Å²) in [5.41, 5.74) is 0.0742. The van der Waals surface area contributed by atoms with Crippen LogP contribution in [0.25, 0.3) is 0 Å². The Labute approximate surface area is 130 Å². The van der Waals surface area contributed by atoms with Gasteiger partial charge < -0.3 is 10.6 Å². The van der Waals surface area contributed by atoms with Crippen LogP contribution in [0.3, 0.4) is 0 Å². The van der Waals surface area contributed by atoms with Gasteiger partial charge in [0.2, 0.25) is 5.91 Å². The lowest BCUT2D eigenvalue weighted by Gasteiger charge is -2.46. The summed E-state index contributed by atoms with van der Waals surface area (Å²) in [6, 6.07) is 1.98. The molecule has 0 bridgehead atoms. The zero-order valence-electron chi connectivity index (χ0n) is 13.1. The number of amides is 1. The van der Waals surface area contributed by atoms with Gasteiger partial charge in [-0.2, -0.15) is 0 Å². The predicted octanol–water partition coefficient (Wildman–Crippen LogP) is 1.99. The molecule has 21 heavy (non-hydrogen) atoms. The maximum atomic E-state index is 12.1. The zero-order valence-corrected chi connectivity index (χ0v) is 14.0. The number of carbonyl (C=O) groups is 1. The first-order valence-corrected chi connectivity index (χ1v) is 8.23. The fourth-order valence-corrected chi connectivity index (χ4v) is 3.80. The highest BCUT2D eigenvalue weighted by Crippen LogP contribution is 2.28. The first-order chi connectivity index (χ1) is 9.76. The summed E-state index contributed by atoms with van der Waals surface area (Å²) in [5, 5.41) is 7.40. The molecule has 1 amide bonds. The topological polar surface area (TPSA) is 66.9 Å². The Morgan fingerprint density at radius 3 is 2.43 bits per heavy atom. The van der Waals surface area contributed by atoms with E-state index in [1.807, 2.05) is 0 Å². The molecule has 1 aliphatic heterocycles. The summed E-state index contributed by atoms with van der Waals surface area (Å²) < 4.78 is 0. The number of piperidine rings is 1. The highest BCUT2D eigenvalue weighted by Gasteiger charge is 2.38. The molecule has 5 nitrogen and oxygen atoms in total. The van der Waals surface area contributed by atoms with Crippen molar-refractivity contribution in [2.45, 2.75) is 62.8 Å². The van der Waals surface area contributed by atoms with Crippen LogP contribution >= 0.6 is 11.8 Å². The molecule has 0 atom stereocenters. The molecule has 1 aliphatic rings. The lowest BCUT2D eigenvalue weighted by Crippen LogP contribution is -2.62. The van der Waals surface area contributed by atoms with Crippen molar-refractivity contribution in [1.29, 1.82) is 0 Å². The first-order valence-electron chi connectivity index (χ1n) is 7.24. The molecule has 2 heterocycles. The number of carbonyl (C=O) groups excluding carboxylic acids is 1. The van der Waals surface area contributed by atoms with Gasteiger partial charge in [0.25, 0.3) is 0 Å². The van der Waals surface area contributed by atoms with E-state index >= 15 is 0 Å². The highest BCUT2D eigenvalue weighted by molar-refractivity contribution is 7.99. The molecule has 2 N–H and O–H groups in total. The number of aromatic nitrogens is 2. The smallest absolute Gasteiger partial charge is 0.230 e. The number of thioether (sulfide) groups is 1. The van der Waals surface area contributed by atoms with Gasteiger partial charge >= 0.3 is 0 Å². The zero-order chi connectivity index (χ0) is 15.5. The van der Waals surface area contributed by atoms with Crippen molar-refractivity contribution >= 4 is 17.7 Å². The van der Waals surface area contributed by atoms with E-state index in [1.54, 1.807) is 18.5 Å². The Bertz CT molecular complexity index is 474. The van der Waals surface area contributed by atoms with Crippen molar-refractivity contribution in [3.8, 4) is 0 Å². The molecule has 0 spiro atoms. The van der Waals surface area contributed by atoms with Crippen LogP contribution in [0.1, 0.15) is 40.5 Å². The van der Waals surface area contributed by atoms with Crippen LogP contribution in [0, 0.1) is 0 Å². The van der Waals surface area contributed by atoms with Gasteiger partial charge in [0, 0.05) is 29.5 Å². The maximum absolute atomic E-state index is 12.1. The van der Waals surface area contributed by atoms with E-state index in [1.165, 1.54) is 11.8 Å². The van der Waals surface area contributed by atoms with Crippen LogP contribution in [0.2, 0.25) is 0 Å². The molecule has 116 valence electrons. The second kappa shape index (κ2) is 6.32. The van der Waals surface area contributed by atoms with E-state index in [0.717, 1.165) is 12.8 Å². The summed E-state index contributed by atoms with van der Waals surface area (Å²) in [4.78, 5) is 20.3. The minimum Gasteiger partial charge on any atom is -0.353 e. The van der Waals surface area contributed by atoms with Crippen molar-refractivity contribution in [2.75, 3.05) is 5.75 Å². The molecular weight excluding hydrogens is 284 g/mol. The fourth-order valence-electron chi connectivity index (χ4n) is 3.18. The van der Waals surface area contributed by atoms with Gasteiger partial charge in [0.15, 0.2) is 5.16 Å². The molecule has 1 aromatic rings. The van der Waals surface area contributed by atoms with Gasteiger partial charge in [0.1, 0.15) is 0 Å². The summed E-state index contributed by atoms with van der Waals surface area (Å²) in [5.74, 6) is 0.403. The third-order valence-corrected chi connectivity index (χ3v) is 4.31. The lowest BCUT2D eigenvalue weighted by molar-refractivity contribution is -0.119. The van der Waals surface area contributed by atoms with Crippen molar-refractivity contribution < 1.29 is 4.79 Å². The SMILES string of the molecule is CC1(C)CC(NC(=O)CSc2ncccn2)CC(C)(C)N1. The van der Waals surface area contributed by atoms with Gasteiger partial charge in [-0.15, -0.1) is 0 Å². The van der Waals surface area contributed by atoms with E-state index in [-0.39, 0.29) is 23.0 Å². The van der Waals surface area contributed by atoms with Crippen LogP contribution in [-0.2, 0) is 4.79 Å². The van der Waals surface area contributed by atoms with Crippen molar-refractivity contribution in [3.63, 3.8) is 0 Å². The Kier molecular flexibility index (Phi) is 4.88. The molecule has 0 radical (unpaired) electrons. The molecule has 1 aromatic heterocycles. The molecule has 2 rings (SSSR count). The average Bonchev–Trinajstić information content (AvgIpc) is 2.33. The maximum Gasteiger partial charge on any atom is 0.230 e.